The number of hydrogen-bond donors (Lipinski definition) is 2. The fourth-order valence-corrected chi connectivity index (χ4v) is 8.02. The summed E-state index contributed by atoms with van der Waals surface area (Å²) in [5.74, 6) is 2.54. The largest absolute Gasteiger partial charge is 0.508 e. The Hall–Kier alpha value is -2.25. The first-order chi connectivity index (χ1) is 16.9. The molecule has 3 aliphatic carbocycles. The maximum Gasteiger partial charge on any atom is 0.226 e. The van der Waals surface area contributed by atoms with Crippen LogP contribution in [0.4, 0.5) is 5.13 Å². The minimum absolute atomic E-state index is 0.0580. The molecule has 7 heteroatoms. The number of fused-ring (bicyclic) bond motifs is 5. The fourth-order valence-electron chi connectivity index (χ4n) is 7.34. The van der Waals surface area contributed by atoms with E-state index in [1.165, 1.54) is 28.2 Å². The predicted molar refractivity (Wildman–Crippen MR) is 140 cm³/mol. The number of aromatic nitrogens is 1. The molecule has 1 amide bonds. The van der Waals surface area contributed by atoms with Crippen LogP contribution in [0, 0.1) is 30.1 Å². The molecule has 5 rings (SSSR count). The highest BCUT2D eigenvalue weighted by molar-refractivity contribution is 7.15. The normalized spacial score (nSPS) is 30.5. The van der Waals surface area contributed by atoms with Gasteiger partial charge in [0.2, 0.25) is 5.91 Å². The lowest BCUT2D eigenvalue weighted by molar-refractivity contribution is -0.116. The number of carbonyl (C=O) groups excluding carboxylic acids is 1. The van der Waals surface area contributed by atoms with E-state index in [1.807, 2.05) is 19.1 Å². The summed E-state index contributed by atoms with van der Waals surface area (Å²) >= 11 is 1.52. The molecule has 2 fully saturated rings. The molecule has 1 aromatic heterocycles. The number of amides is 1. The van der Waals surface area contributed by atoms with Crippen molar-refractivity contribution in [2.75, 3.05) is 25.6 Å². The van der Waals surface area contributed by atoms with Crippen molar-refractivity contribution in [3.8, 4) is 5.75 Å². The Balaban J connectivity index is 1.37. The number of nitrogens with one attached hydrogen (secondary N) is 1. The number of phenolic OH excluding ortho intramolecular Hbond substituents is 1. The SMILES string of the molecule is COCCN=C1C[C@@H](CCC(=O)Nc2ncc(C)s2)C2C3CCc4cc(O)ccc4C3CC[C@]12C. The Kier molecular flexibility index (Phi) is 6.99. The van der Waals surface area contributed by atoms with E-state index in [-0.39, 0.29) is 11.3 Å². The molecule has 3 aliphatic rings. The zero-order valence-corrected chi connectivity index (χ0v) is 21.9. The van der Waals surface area contributed by atoms with Gasteiger partial charge < -0.3 is 15.2 Å². The first kappa shape index (κ1) is 24.4. The van der Waals surface area contributed by atoms with Gasteiger partial charge in [-0.1, -0.05) is 13.0 Å². The van der Waals surface area contributed by atoms with Gasteiger partial charge in [0, 0.05) is 35.7 Å². The second-order valence-corrected chi connectivity index (χ2v) is 12.1. The molecule has 5 atom stereocenters. The van der Waals surface area contributed by atoms with E-state index in [9.17, 15) is 9.90 Å². The topological polar surface area (TPSA) is 83.8 Å². The van der Waals surface area contributed by atoms with Crippen molar-refractivity contribution < 1.29 is 14.6 Å². The molecule has 3 unspecified atom stereocenters. The van der Waals surface area contributed by atoms with E-state index < -0.39 is 0 Å². The van der Waals surface area contributed by atoms with Crippen molar-refractivity contribution in [2.24, 2.45) is 28.2 Å². The lowest BCUT2D eigenvalue weighted by Crippen LogP contribution is -2.44. The van der Waals surface area contributed by atoms with Crippen LogP contribution in [0.2, 0.25) is 0 Å². The van der Waals surface area contributed by atoms with Gasteiger partial charge in [-0.05, 0) is 92.4 Å². The Morgan fingerprint density at radius 1 is 1.37 bits per heavy atom. The molecule has 2 saturated carbocycles. The number of aromatic hydroxyl groups is 1. The molecule has 0 spiro atoms. The maximum absolute atomic E-state index is 12.8. The molecule has 6 nitrogen and oxygen atoms in total. The summed E-state index contributed by atoms with van der Waals surface area (Å²) in [6, 6.07) is 5.97. The summed E-state index contributed by atoms with van der Waals surface area (Å²) < 4.78 is 5.28. The molecule has 2 N–H and O–H groups in total. The number of phenols is 1. The average molecular weight is 496 g/mol. The Morgan fingerprint density at radius 3 is 3.00 bits per heavy atom. The summed E-state index contributed by atoms with van der Waals surface area (Å²) in [5.41, 5.74) is 4.19. The van der Waals surface area contributed by atoms with Crippen molar-refractivity contribution in [1.29, 1.82) is 0 Å². The minimum atomic E-state index is 0.0580. The van der Waals surface area contributed by atoms with Crippen LogP contribution in [0.3, 0.4) is 0 Å². The Bertz CT molecular complexity index is 1110. The van der Waals surface area contributed by atoms with E-state index >= 15 is 0 Å². The zero-order valence-electron chi connectivity index (χ0n) is 21.0. The van der Waals surface area contributed by atoms with Crippen LogP contribution in [-0.2, 0) is 16.0 Å². The summed E-state index contributed by atoms with van der Waals surface area (Å²) in [4.78, 5) is 23.2. The number of anilines is 1. The average Bonchev–Trinajstić information content (AvgIpc) is 3.37. The van der Waals surface area contributed by atoms with Crippen molar-refractivity contribution in [2.45, 2.75) is 64.7 Å². The predicted octanol–water partition coefficient (Wildman–Crippen LogP) is 5.75. The molecule has 0 saturated heterocycles. The Morgan fingerprint density at radius 2 is 2.23 bits per heavy atom. The van der Waals surface area contributed by atoms with Crippen LogP contribution in [0.25, 0.3) is 0 Å². The number of aryl methyl sites for hydroxylation is 2. The lowest BCUT2D eigenvalue weighted by Gasteiger charge is -2.50. The van der Waals surface area contributed by atoms with Crippen molar-refractivity contribution >= 4 is 28.1 Å². The number of hydrogen-bond acceptors (Lipinski definition) is 6. The second kappa shape index (κ2) is 10.0. The minimum Gasteiger partial charge on any atom is -0.508 e. The van der Waals surface area contributed by atoms with E-state index in [0.717, 1.165) is 43.4 Å². The van der Waals surface area contributed by atoms with Crippen LogP contribution in [0.5, 0.6) is 5.75 Å². The summed E-state index contributed by atoms with van der Waals surface area (Å²) in [6.45, 7) is 5.79. The number of rotatable bonds is 7. The Labute approximate surface area is 212 Å². The van der Waals surface area contributed by atoms with Crippen molar-refractivity contribution in [3.63, 3.8) is 0 Å². The van der Waals surface area contributed by atoms with Gasteiger partial charge in [-0.2, -0.15) is 0 Å². The summed E-state index contributed by atoms with van der Waals surface area (Å²) in [7, 11) is 1.73. The summed E-state index contributed by atoms with van der Waals surface area (Å²) in [6.07, 6.45) is 8.64. The molecule has 0 radical (unpaired) electrons. The molecular formula is C28H37N3O3S. The van der Waals surface area contributed by atoms with Gasteiger partial charge >= 0.3 is 0 Å². The number of benzene rings is 1. The first-order valence-corrected chi connectivity index (χ1v) is 13.8. The number of thiazole rings is 1. The van der Waals surface area contributed by atoms with Gasteiger partial charge in [-0.25, -0.2) is 4.98 Å². The number of aliphatic imine (C=N–C) groups is 1. The monoisotopic (exact) mass is 495 g/mol. The molecule has 1 aromatic carbocycles. The van der Waals surface area contributed by atoms with Crippen molar-refractivity contribution in [3.05, 3.63) is 40.4 Å². The first-order valence-electron chi connectivity index (χ1n) is 13.0. The molecular weight excluding hydrogens is 458 g/mol. The molecule has 2 aromatic rings. The smallest absolute Gasteiger partial charge is 0.226 e. The van der Waals surface area contributed by atoms with Crippen LogP contribution < -0.4 is 5.32 Å². The van der Waals surface area contributed by atoms with Crippen LogP contribution in [-0.4, -0.2) is 42.0 Å². The third-order valence-corrected chi connectivity index (χ3v) is 9.62. The molecule has 0 bridgehead atoms. The quantitative estimate of drug-likeness (QED) is 0.479. The molecule has 35 heavy (non-hydrogen) atoms. The zero-order chi connectivity index (χ0) is 24.6. The van der Waals surface area contributed by atoms with Crippen LogP contribution in [0.1, 0.15) is 67.4 Å². The van der Waals surface area contributed by atoms with Crippen LogP contribution in [0.15, 0.2) is 29.4 Å². The number of ether oxygens (including phenoxy) is 1. The van der Waals surface area contributed by atoms with Gasteiger partial charge in [-0.3, -0.25) is 9.79 Å². The van der Waals surface area contributed by atoms with E-state index in [1.54, 1.807) is 13.3 Å². The lowest BCUT2D eigenvalue weighted by atomic mass is 9.54. The van der Waals surface area contributed by atoms with Crippen LogP contribution >= 0.6 is 11.3 Å². The summed E-state index contributed by atoms with van der Waals surface area (Å²) in [5, 5.41) is 13.7. The highest BCUT2D eigenvalue weighted by Crippen LogP contribution is 2.62. The van der Waals surface area contributed by atoms with E-state index in [2.05, 4.69) is 23.3 Å². The van der Waals surface area contributed by atoms with Crippen molar-refractivity contribution in [1.82, 2.24) is 4.98 Å². The molecule has 188 valence electrons. The molecule has 0 aliphatic heterocycles. The highest BCUT2D eigenvalue weighted by Gasteiger charge is 2.57. The van der Waals surface area contributed by atoms with Gasteiger partial charge in [0.25, 0.3) is 0 Å². The standard InChI is InChI=1S/C28H37N3O3S/c1-17-16-30-27(35-17)31-25(33)9-5-19-15-24(29-12-13-34-3)28(2)11-10-22-21-8-6-20(32)14-18(21)4-7-23(22)26(19)28/h6,8,14,16,19,22-23,26,32H,4-5,7,9-13,15H2,1-3H3,(H,30,31,33)/t19-,22?,23?,26?,28-/m1/s1. The van der Waals surface area contributed by atoms with E-state index in [4.69, 9.17) is 9.73 Å². The maximum atomic E-state index is 12.8. The van der Waals surface area contributed by atoms with E-state index in [0.29, 0.717) is 54.1 Å². The number of nitrogens with zero attached hydrogens (tertiary/aromatic N) is 2. The fraction of sp³-hybridized carbons (Fsp3) is 0.607. The third kappa shape index (κ3) is 4.77. The van der Waals surface area contributed by atoms with Gasteiger partial charge in [0.05, 0.1) is 13.2 Å². The third-order valence-electron chi connectivity index (χ3n) is 8.79. The number of methoxy groups -OCH3 is 1. The van der Waals surface area contributed by atoms with Gasteiger partial charge in [0.15, 0.2) is 5.13 Å². The second-order valence-electron chi connectivity index (χ2n) is 10.8. The van der Waals surface area contributed by atoms with Gasteiger partial charge in [-0.15, -0.1) is 11.3 Å². The van der Waals surface area contributed by atoms with Gasteiger partial charge in [0.1, 0.15) is 5.75 Å². The highest BCUT2D eigenvalue weighted by atomic mass is 32.1. The molecule has 1 heterocycles. The number of carbonyl (C=O) groups is 1.